The Morgan fingerprint density at radius 3 is 2.88 bits per heavy atom. The number of para-hydroxylation sites is 1. The predicted molar refractivity (Wildman–Crippen MR) is 67.4 cm³/mol. The summed E-state index contributed by atoms with van der Waals surface area (Å²) in [6.07, 6.45) is 0. The Kier molecular flexibility index (Phi) is 4.23. The zero-order valence-corrected chi connectivity index (χ0v) is 10.3. The van der Waals surface area contributed by atoms with Gasteiger partial charge in [-0.15, -0.1) is 0 Å². The SMILES string of the molecule is CCN(CCN)Cc1cccc2c1OCCO2. The first-order valence-electron chi connectivity index (χ1n) is 6.15. The van der Waals surface area contributed by atoms with Crippen molar-refractivity contribution in [2.75, 3.05) is 32.8 Å². The largest absolute Gasteiger partial charge is 0.486 e. The van der Waals surface area contributed by atoms with Crippen LogP contribution in [-0.2, 0) is 6.54 Å². The molecule has 1 aliphatic heterocycles. The average Bonchev–Trinajstić information content (AvgIpc) is 2.38. The molecule has 1 heterocycles. The van der Waals surface area contributed by atoms with Crippen LogP contribution in [-0.4, -0.2) is 37.7 Å². The molecule has 1 aromatic carbocycles. The molecule has 2 N–H and O–H groups in total. The van der Waals surface area contributed by atoms with Gasteiger partial charge in [0.15, 0.2) is 11.5 Å². The second-order valence-corrected chi connectivity index (χ2v) is 4.10. The Balaban J connectivity index is 2.14. The summed E-state index contributed by atoms with van der Waals surface area (Å²) in [5, 5.41) is 0. The van der Waals surface area contributed by atoms with Crippen LogP contribution in [0.3, 0.4) is 0 Å². The van der Waals surface area contributed by atoms with Crippen LogP contribution in [0.4, 0.5) is 0 Å². The Morgan fingerprint density at radius 2 is 2.12 bits per heavy atom. The quantitative estimate of drug-likeness (QED) is 0.835. The predicted octanol–water partition coefficient (Wildman–Crippen LogP) is 1.24. The molecule has 0 aromatic heterocycles. The molecular weight excluding hydrogens is 216 g/mol. The van der Waals surface area contributed by atoms with Gasteiger partial charge in [0.25, 0.3) is 0 Å². The van der Waals surface area contributed by atoms with Gasteiger partial charge in [-0.05, 0) is 12.6 Å². The standard InChI is InChI=1S/C13H20N2O2/c1-2-15(7-6-14)10-11-4-3-5-12-13(11)17-9-8-16-12/h3-5H,2,6-10,14H2,1H3. The molecule has 17 heavy (non-hydrogen) atoms. The minimum absolute atomic E-state index is 0.632. The van der Waals surface area contributed by atoms with Crippen LogP contribution in [0.2, 0.25) is 0 Å². The molecule has 4 heteroatoms. The summed E-state index contributed by atoms with van der Waals surface area (Å²) in [5.41, 5.74) is 6.78. The number of nitrogens with zero attached hydrogens (tertiary/aromatic N) is 1. The number of hydrogen-bond donors (Lipinski definition) is 1. The van der Waals surface area contributed by atoms with Gasteiger partial charge in [-0.3, -0.25) is 4.90 Å². The number of nitrogens with two attached hydrogens (primary N) is 1. The lowest BCUT2D eigenvalue weighted by atomic mass is 10.1. The van der Waals surface area contributed by atoms with Crippen molar-refractivity contribution < 1.29 is 9.47 Å². The van der Waals surface area contributed by atoms with Gasteiger partial charge in [0.2, 0.25) is 0 Å². The molecule has 4 nitrogen and oxygen atoms in total. The third kappa shape index (κ3) is 2.90. The van der Waals surface area contributed by atoms with Gasteiger partial charge in [0.1, 0.15) is 13.2 Å². The number of ether oxygens (including phenoxy) is 2. The minimum Gasteiger partial charge on any atom is -0.486 e. The molecule has 0 amide bonds. The van der Waals surface area contributed by atoms with Crippen molar-refractivity contribution in [2.24, 2.45) is 5.73 Å². The van der Waals surface area contributed by atoms with Crippen LogP contribution in [0.1, 0.15) is 12.5 Å². The van der Waals surface area contributed by atoms with Crippen LogP contribution in [0, 0.1) is 0 Å². The van der Waals surface area contributed by atoms with Crippen molar-refractivity contribution in [1.29, 1.82) is 0 Å². The maximum Gasteiger partial charge on any atom is 0.165 e. The fourth-order valence-corrected chi connectivity index (χ4v) is 2.03. The molecule has 0 fully saturated rings. The number of likely N-dealkylation sites (N-methyl/N-ethyl adjacent to an activating group) is 1. The number of rotatable bonds is 5. The molecule has 94 valence electrons. The van der Waals surface area contributed by atoms with Crippen LogP contribution < -0.4 is 15.2 Å². The first-order chi connectivity index (χ1) is 8.35. The Hall–Kier alpha value is -1.26. The Morgan fingerprint density at radius 1 is 1.29 bits per heavy atom. The maximum atomic E-state index is 5.70. The second-order valence-electron chi connectivity index (χ2n) is 4.10. The molecule has 0 atom stereocenters. The van der Waals surface area contributed by atoms with Crippen molar-refractivity contribution in [3.05, 3.63) is 23.8 Å². The van der Waals surface area contributed by atoms with Gasteiger partial charge in [0.05, 0.1) is 0 Å². The van der Waals surface area contributed by atoms with E-state index in [4.69, 9.17) is 15.2 Å². The number of fused-ring (bicyclic) bond motifs is 1. The van der Waals surface area contributed by atoms with Crippen LogP contribution in [0.5, 0.6) is 11.5 Å². The van der Waals surface area contributed by atoms with E-state index in [-0.39, 0.29) is 0 Å². The monoisotopic (exact) mass is 236 g/mol. The molecule has 0 saturated heterocycles. The van der Waals surface area contributed by atoms with E-state index in [1.165, 1.54) is 5.56 Å². The zero-order chi connectivity index (χ0) is 12.1. The summed E-state index contributed by atoms with van der Waals surface area (Å²) < 4.78 is 11.3. The summed E-state index contributed by atoms with van der Waals surface area (Å²) in [6, 6.07) is 6.06. The first kappa shape index (κ1) is 12.2. The fourth-order valence-electron chi connectivity index (χ4n) is 2.03. The molecule has 1 aliphatic rings. The Bertz CT molecular complexity index is 368. The number of benzene rings is 1. The molecule has 0 spiro atoms. The van der Waals surface area contributed by atoms with Crippen molar-refractivity contribution in [3.8, 4) is 11.5 Å². The topological polar surface area (TPSA) is 47.7 Å². The number of hydrogen-bond acceptors (Lipinski definition) is 4. The van der Waals surface area contributed by atoms with Gasteiger partial charge in [-0.25, -0.2) is 0 Å². The van der Waals surface area contributed by atoms with Crippen molar-refractivity contribution >= 4 is 0 Å². The summed E-state index contributed by atoms with van der Waals surface area (Å²) in [7, 11) is 0. The van der Waals surface area contributed by atoms with Crippen molar-refractivity contribution in [3.63, 3.8) is 0 Å². The van der Waals surface area contributed by atoms with Gasteiger partial charge < -0.3 is 15.2 Å². The third-order valence-corrected chi connectivity index (χ3v) is 2.93. The lowest BCUT2D eigenvalue weighted by Crippen LogP contribution is -2.29. The van der Waals surface area contributed by atoms with Crippen LogP contribution in [0.25, 0.3) is 0 Å². The van der Waals surface area contributed by atoms with Crippen molar-refractivity contribution in [2.45, 2.75) is 13.5 Å². The van der Waals surface area contributed by atoms with E-state index in [9.17, 15) is 0 Å². The third-order valence-electron chi connectivity index (χ3n) is 2.93. The van der Waals surface area contributed by atoms with E-state index in [1.54, 1.807) is 0 Å². The van der Waals surface area contributed by atoms with Gasteiger partial charge >= 0.3 is 0 Å². The molecule has 0 radical (unpaired) electrons. The van der Waals surface area contributed by atoms with E-state index in [2.05, 4.69) is 17.9 Å². The smallest absolute Gasteiger partial charge is 0.165 e. The highest BCUT2D eigenvalue weighted by atomic mass is 16.6. The highest BCUT2D eigenvalue weighted by Gasteiger charge is 2.16. The summed E-state index contributed by atoms with van der Waals surface area (Å²) in [5.74, 6) is 1.76. The van der Waals surface area contributed by atoms with Gasteiger partial charge in [-0.2, -0.15) is 0 Å². The molecule has 0 saturated carbocycles. The van der Waals surface area contributed by atoms with Crippen LogP contribution in [0.15, 0.2) is 18.2 Å². The highest BCUT2D eigenvalue weighted by Crippen LogP contribution is 2.34. The molecule has 0 bridgehead atoms. The summed E-state index contributed by atoms with van der Waals surface area (Å²) >= 11 is 0. The van der Waals surface area contributed by atoms with E-state index < -0.39 is 0 Å². The fraction of sp³-hybridized carbons (Fsp3) is 0.538. The van der Waals surface area contributed by atoms with Gasteiger partial charge in [-0.1, -0.05) is 19.1 Å². The molecule has 0 aliphatic carbocycles. The van der Waals surface area contributed by atoms with E-state index >= 15 is 0 Å². The zero-order valence-electron chi connectivity index (χ0n) is 10.3. The van der Waals surface area contributed by atoms with Crippen LogP contribution >= 0.6 is 0 Å². The van der Waals surface area contributed by atoms with E-state index in [0.717, 1.165) is 31.1 Å². The molecular formula is C13H20N2O2. The maximum absolute atomic E-state index is 5.70. The normalized spacial score (nSPS) is 14.1. The average molecular weight is 236 g/mol. The molecule has 0 unspecified atom stereocenters. The van der Waals surface area contributed by atoms with E-state index in [1.807, 2.05) is 12.1 Å². The molecule has 2 rings (SSSR count). The molecule has 1 aromatic rings. The lowest BCUT2D eigenvalue weighted by Gasteiger charge is -2.24. The summed E-state index contributed by atoms with van der Waals surface area (Å²) in [6.45, 7) is 6.84. The van der Waals surface area contributed by atoms with Gasteiger partial charge in [0, 0.05) is 25.2 Å². The second kappa shape index (κ2) is 5.89. The van der Waals surface area contributed by atoms with E-state index in [0.29, 0.717) is 19.8 Å². The summed E-state index contributed by atoms with van der Waals surface area (Å²) in [4.78, 5) is 2.30. The Labute approximate surface area is 102 Å². The lowest BCUT2D eigenvalue weighted by molar-refractivity contribution is 0.167. The highest BCUT2D eigenvalue weighted by molar-refractivity contribution is 5.47. The first-order valence-corrected chi connectivity index (χ1v) is 6.15. The minimum atomic E-state index is 0.632. The van der Waals surface area contributed by atoms with Crippen molar-refractivity contribution in [1.82, 2.24) is 4.90 Å².